The molecule has 1 saturated heterocycles. The number of carbonyl (C=O) groups is 1. The molecular formula is C30H31ClFNO4. The van der Waals surface area contributed by atoms with Crippen LogP contribution >= 0.6 is 11.6 Å². The van der Waals surface area contributed by atoms with Crippen LogP contribution < -0.4 is 9.47 Å². The summed E-state index contributed by atoms with van der Waals surface area (Å²) in [6, 6.07) is 19.7. The molecule has 4 rings (SSSR count). The molecule has 1 N–H and O–H groups in total. The van der Waals surface area contributed by atoms with Crippen LogP contribution in [0.25, 0.3) is 5.57 Å². The lowest BCUT2D eigenvalue weighted by Crippen LogP contribution is -2.44. The lowest BCUT2D eigenvalue weighted by Gasteiger charge is -2.38. The van der Waals surface area contributed by atoms with Crippen molar-refractivity contribution in [2.45, 2.75) is 31.3 Å². The third kappa shape index (κ3) is 6.51. The number of benzene rings is 3. The molecule has 0 aromatic heterocycles. The second-order valence-corrected chi connectivity index (χ2v) is 9.67. The Morgan fingerprint density at radius 3 is 2.30 bits per heavy atom. The van der Waals surface area contributed by atoms with Gasteiger partial charge < -0.3 is 19.5 Å². The molecule has 0 atom stereocenters. The van der Waals surface area contributed by atoms with Crippen LogP contribution in [0.5, 0.6) is 11.5 Å². The molecule has 1 amide bonds. The Morgan fingerprint density at radius 1 is 1.03 bits per heavy atom. The summed E-state index contributed by atoms with van der Waals surface area (Å²) in [6.45, 7) is 0.877. The summed E-state index contributed by atoms with van der Waals surface area (Å²) in [6.07, 6.45) is 3.65. The third-order valence-electron chi connectivity index (χ3n) is 6.94. The predicted octanol–water partition coefficient (Wildman–Crippen LogP) is 6.02. The van der Waals surface area contributed by atoms with E-state index in [1.807, 2.05) is 42.5 Å². The lowest BCUT2D eigenvalue weighted by molar-refractivity contribution is -0.130. The SMILES string of the molecule is COc1ccc(/C(=C\C(=O)N2CCC(O)(c3ccc(Cl)cc3)CC2)CCc2ccc(OC)c(F)c2)cc1. The number of aryl methyl sites for hydroxylation is 1. The predicted molar refractivity (Wildman–Crippen MR) is 143 cm³/mol. The zero-order chi connectivity index (χ0) is 26.4. The molecule has 1 heterocycles. The van der Waals surface area contributed by atoms with Crippen molar-refractivity contribution in [3.63, 3.8) is 0 Å². The quantitative estimate of drug-likeness (QED) is 0.367. The highest BCUT2D eigenvalue weighted by Crippen LogP contribution is 2.34. The summed E-state index contributed by atoms with van der Waals surface area (Å²) in [5.74, 6) is 0.412. The number of aliphatic hydroxyl groups is 1. The van der Waals surface area contributed by atoms with E-state index in [9.17, 15) is 14.3 Å². The molecule has 3 aromatic rings. The van der Waals surface area contributed by atoms with Gasteiger partial charge in [0.15, 0.2) is 11.6 Å². The number of piperidine rings is 1. The fourth-order valence-corrected chi connectivity index (χ4v) is 4.76. The van der Waals surface area contributed by atoms with Crippen LogP contribution in [-0.2, 0) is 16.8 Å². The van der Waals surface area contributed by atoms with Crippen molar-refractivity contribution in [3.05, 3.63) is 100 Å². The summed E-state index contributed by atoms with van der Waals surface area (Å²) in [5.41, 5.74) is 2.39. The molecule has 7 heteroatoms. The van der Waals surface area contributed by atoms with Gasteiger partial charge in [-0.3, -0.25) is 4.79 Å². The number of hydrogen-bond acceptors (Lipinski definition) is 4. The van der Waals surface area contributed by atoms with E-state index in [4.69, 9.17) is 21.1 Å². The maximum atomic E-state index is 14.2. The molecule has 194 valence electrons. The van der Waals surface area contributed by atoms with Crippen molar-refractivity contribution in [1.29, 1.82) is 0 Å². The maximum Gasteiger partial charge on any atom is 0.246 e. The van der Waals surface area contributed by atoms with Gasteiger partial charge >= 0.3 is 0 Å². The zero-order valence-corrected chi connectivity index (χ0v) is 21.8. The van der Waals surface area contributed by atoms with Crippen LogP contribution in [0.4, 0.5) is 4.39 Å². The van der Waals surface area contributed by atoms with E-state index < -0.39 is 11.4 Å². The second-order valence-electron chi connectivity index (χ2n) is 9.23. The first-order chi connectivity index (χ1) is 17.8. The maximum absolute atomic E-state index is 14.2. The van der Waals surface area contributed by atoms with Crippen LogP contribution in [0.1, 0.15) is 36.0 Å². The van der Waals surface area contributed by atoms with Gasteiger partial charge in [0.1, 0.15) is 5.75 Å². The standard InChI is InChI=1S/C30H31ClFNO4/c1-36-26-12-6-22(7-13-26)23(5-3-21-4-14-28(37-2)27(32)19-21)20-29(34)33-17-15-30(35,16-18-33)24-8-10-25(31)11-9-24/h4,6-14,19-20,35H,3,5,15-18H2,1-2H3/b23-20-. The van der Waals surface area contributed by atoms with Gasteiger partial charge in [-0.15, -0.1) is 0 Å². The highest BCUT2D eigenvalue weighted by Gasteiger charge is 2.35. The lowest BCUT2D eigenvalue weighted by atomic mass is 9.84. The highest BCUT2D eigenvalue weighted by molar-refractivity contribution is 6.30. The van der Waals surface area contributed by atoms with Crippen LogP contribution in [0.15, 0.2) is 72.8 Å². The van der Waals surface area contributed by atoms with Crippen molar-refractivity contribution < 1.29 is 23.8 Å². The van der Waals surface area contributed by atoms with Gasteiger partial charge in [-0.1, -0.05) is 41.9 Å². The minimum Gasteiger partial charge on any atom is -0.497 e. The molecule has 1 fully saturated rings. The first-order valence-electron chi connectivity index (χ1n) is 12.3. The Kier molecular flexibility index (Phi) is 8.52. The second kappa shape index (κ2) is 11.8. The van der Waals surface area contributed by atoms with Gasteiger partial charge in [-0.05, 0) is 84.3 Å². The molecule has 0 radical (unpaired) electrons. The van der Waals surface area contributed by atoms with Crippen molar-refractivity contribution in [2.24, 2.45) is 0 Å². The van der Waals surface area contributed by atoms with Crippen LogP contribution in [-0.4, -0.2) is 43.2 Å². The number of rotatable bonds is 8. The molecule has 0 saturated carbocycles. The topological polar surface area (TPSA) is 59.0 Å². The number of halogens is 2. The average Bonchev–Trinajstić information content (AvgIpc) is 2.91. The van der Waals surface area contributed by atoms with Gasteiger partial charge in [0.25, 0.3) is 0 Å². The molecule has 5 nitrogen and oxygen atoms in total. The van der Waals surface area contributed by atoms with Crippen molar-refractivity contribution in [1.82, 2.24) is 4.90 Å². The monoisotopic (exact) mass is 523 g/mol. The molecule has 1 aliphatic rings. The van der Waals surface area contributed by atoms with E-state index in [0.29, 0.717) is 43.8 Å². The third-order valence-corrected chi connectivity index (χ3v) is 7.19. The number of hydrogen-bond donors (Lipinski definition) is 1. The van der Waals surface area contributed by atoms with Gasteiger partial charge in [0, 0.05) is 24.2 Å². The summed E-state index contributed by atoms with van der Waals surface area (Å²) >= 11 is 5.99. The Bertz CT molecular complexity index is 1250. The molecule has 0 aliphatic carbocycles. The Morgan fingerprint density at radius 2 is 1.70 bits per heavy atom. The summed E-state index contributed by atoms with van der Waals surface area (Å²) < 4.78 is 24.5. The van der Waals surface area contributed by atoms with Crippen LogP contribution in [0.3, 0.4) is 0 Å². The van der Waals surface area contributed by atoms with E-state index >= 15 is 0 Å². The normalized spacial score (nSPS) is 15.4. The smallest absolute Gasteiger partial charge is 0.246 e. The number of amides is 1. The van der Waals surface area contributed by atoms with E-state index in [1.54, 1.807) is 36.3 Å². The largest absolute Gasteiger partial charge is 0.497 e. The number of ether oxygens (including phenoxy) is 2. The van der Waals surface area contributed by atoms with Crippen molar-refractivity contribution >= 4 is 23.1 Å². The molecule has 1 aliphatic heterocycles. The first-order valence-corrected chi connectivity index (χ1v) is 12.6. The first kappa shape index (κ1) is 26.7. The van der Waals surface area contributed by atoms with Crippen LogP contribution in [0, 0.1) is 5.82 Å². The van der Waals surface area contributed by atoms with Gasteiger partial charge in [-0.2, -0.15) is 0 Å². The number of nitrogens with zero attached hydrogens (tertiary/aromatic N) is 1. The number of carbonyl (C=O) groups excluding carboxylic acids is 1. The molecular weight excluding hydrogens is 493 g/mol. The average molecular weight is 524 g/mol. The number of methoxy groups -OCH3 is 2. The Hall–Kier alpha value is -3.35. The number of allylic oxidation sites excluding steroid dienone is 1. The fourth-order valence-electron chi connectivity index (χ4n) is 4.64. The van der Waals surface area contributed by atoms with Crippen molar-refractivity contribution in [3.8, 4) is 11.5 Å². The molecule has 3 aromatic carbocycles. The minimum absolute atomic E-state index is 0.107. The number of likely N-dealkylation sites (tertiary alicyclic amines) is 1. The summed E-state index contributed by atoms with van der Waals surface area (Å²) in [5, 5.41) is 11.8. The summed E-state index contributed by atoms with van der Waals surface area (Å²) in [4.78, 5) is 15.1. The Labute approximate surface area is 222 Å². The van der Waals surface area contributed by atoms with Gasteiger partial charge in [0.05, 0.1) is 19.8 Å². The molecule has 0 unspecified atom stereocenters. The molecule has 0 bridgehead atoms. The highest BCUT2D eigenvalue weighted by atomic mass is 35.5. The van der Waals surface area contributed by atoms with Crippen molar-refractivity contribution in [2.75, 3.05) is 27.3 Å². The minimum atomic E-state index is -0.984. The molecule has 0 spiro atoms. The van der Waals surface area contributed by atoms with Crippen LogP contribution in [0.2, 0.25) is 5.02 Å². The van der Waals surface area contributed by atoms with E-state index in [2.05, 4.69) is 0 Å². The van der Waals surface area contributed by atoms with E-state index in [1.165, 1.54) is 13.2 Å². The van der Waals surface area contributed by atoms with Gasteiger partial charge in [-0.25, -0.2) is 4.39 Å². The zero-order valence-electron chi connectivity index (χ0n) is 21.0. The Balaban J connectivity index is 1.50. The van der Waals surface area contributed by atoms with Gasteiger partial charge in [0.2, 0.25) is 5.91 Å². The fraction of sp³-hybridized carbons (Fsp3) is 0.300. The summed E-state index contributed by atoms with van der Waals surface area (Å²) in [7, 11) is 3.04. The van der Waals surface area contributed by atoms with E-state index in [0.717, 1.165) is 28.0 Å². The molecule has 37 heavy (non-hydrogen) atoms. The van der Waals surface area contributed by atoms with E-state index in [-0.39, 0.29) is 11.7 Å².